The van der Waals surface area contributed by atoms with Gasteiger partial charge in [0.2, 0.25) is 0 Å². The number of Topliss-reactive ketones (excluding diaryl/α,β-unsaturated/α-hetero) is 3. The second-order valence-electron chi connectivity index (χ2n) is 36.3. The standard InChI is InChI=1S/2C28H39N3O3.C22H35BrO3.C6H7N3.CH2O3.2CH4S.CH4.2K.H/c1-27-11-9-20-19-10-12-28(33,17-34-2)14-18(19)5-6-21(20)22(27)7-8-23(27)26(32)16-31-25-4-3-13-29-24(25)15-30-31;1-27-11-9-20-19-10-12-28(33,17-34-2)14-18(19)5-6-21(20)22(27)7-8-23(27)26(32)16-31-15-25-24(30-31)4-3-13-29-25;1-21-9-7-16-15-8-10-22(25,13-26-2)11-14(15)3-4-17(16)18(21)5-6-19(21)20(24)12-23;7-4-6-5(8)2-1-3-9-6;2-1-4-3;2*1-2;;;;/h2*3-4,13,15,18-23,33H,5-12,14,16-17H2,1-2H3;14-19,25H,3-13H2,1-2H3;1-4,7H,8H2;1,3H;2*2H,1H3;1H4;;;/q;;;;;;;;2*+1;-1/p-1/t2*18-,19+,20-,21-,22+,23-,27+,28-;14-,15+,16-,17-,18+,19-,21+,22-;;;;;;;;/m111......../s1. The van der Waals surface area contributed by atoms with Gasteiger partial charge in [-0.3, -0.25) is 43.5 Å². The van der Waals surface area contributed by atoms with Gasteiger partial charge in [0.1, 0.15) is 34.6 Å². The number of carbonyl (C=O) groups excluding carboxylic acids is 4. The van der Waals surface area contributed by atoms with Gasteiger partial charge in [0.25, 0.3) is 6.47 Å². The number of aliphatic hydroxyl groups is 3. The molecule has 0 radical (unpaired) electrons. The van der Waals surface area contributed by atoms with Gasteiger partial charge in [0, 0.05) is 63.9 Å². The Bertz CT molecular complexity index is 3890. The van der Waals surface area contributed by atoms with Gasteiger partial charge in [-0.2, -0.15) is 35.5 Å². The average Bonchev–Trinajstić information content (AvgIpc) is 1.65. The van der Waals surface area contributed by atoms with Gasteiger partial charge in [-0.1, -0.05) is 44.1 Å². The van der Waals surface area contributed by atoms with E-state index >= 15 is 0 Å². The molecule has 0 bridgehead atoms. The van der Waals surface area contributed by atoms with Crippen molar-refractivity contribution in [1.29, 1.82) is 5.41 Å². The molecule has 5 heterocycles. The third kappa shape index (κ3) is 21.1. The minimum atomic E-state index is -0.622. The van der Waals surface area contributed by atoms with Gasteiger partial charge < -0.3 is 52.2 Å². The van der Waals surface area contributed by atoms with Crippen LogP contribution in [0.1, 0.15) is 209 Å². The van der Waals surface area contributed by atoms with E-state index in [-0.39, 0.29) is 152 Å². The molecule has 5 aromatic heterocycles. The van der Waals surface area contributed by atoms with Crippen LogP contribution >= 0.6 is 41.2 Å². The molecular formula is C88H134BrK2N9O12S2. The molecule has 0 unspecified atom stereocenters. The third-order valence-corrected chi connectivity index (χ3v) is 31.8. The zero-order chi connectivity index (χ0) is 79.6. The van der Waals surface area contributed by atoms with Crippen molar-refractivity contribution < 1.29 is 163 Å². The summed E-state index contributed by atoms with van der Waals surface area (Å²) in [6.07, 6.45) is 44.0. The van der Waals surface area contributed by atoms with Gasteiger partial charge in [0.05, 0.1) is 72.1 Å². The number of thiol groups is 2. The first-order valence-corrected chi connectivity index (χ1v) is 44.6. The monoisotopic (exact) mass is 1730 g/mol. The first-order valence-electron chi connectivity index (χ1n) is 41.6. The Morgan fingerprint density at radius 1 is 0.553 bits per heavy atom. The van der Waals surface area contributed by atoms with Crippen LogP contribution in [-0.4, -0.2) is 156 Å². The second-order valence-corrected chi connectivity index (χ2v) is 36.9. The summed E-state index contributed by atoms with van der Waals surface area (Å²) in [7, 11) is 5.10. The van der Waals surface area contributed by atoms with Crippen LogP contribution < -0.4 is 114 Å². The number of aromatic nitrogens is 7. The zero-order valence-electron chi connectivity index (χ0n) is 70.2. The summed E-state index contributed by atoms with van der Waals surface area (Å²) in [6.45, 7) is 9.25. The molecule has 624 valence electrons. The van der Waals surface area contributed by atoms with E-state index in [4.69, 9.17) is 35.4 Å². The van der Waals surface area contributed by atoms with Crippen LogP contribution in [0.3, 0.4) is 0 Å². The molecule has 17 rings (SSSR count). The topological polar surface area (TPSA) is 313 Å². The first kappa shape index (κ1) is 98.0. The molecule has 12 aliphatic rings. The minimum absolute atomic E-state index is 0. The van der Waals surface area contributed by atoms with Crippen molar-refractivity contribution >= 4 is 99.0 Å². The summed E-state index contributed by atoms with van der Waals surface area (Å²) in [5, 5.41) is 57.7. The summed E-state index contributed by atoms with van der Waals surface area (Å²) < 4.78 is 19.6. The van der Waals surface area contributed by atoms with Gasteiger partial charge in [0.15, 0.2) is 11.6 Å². The van der Waals surface area contributed by atoms with Crippen molar-refractivity contribution in [1.82, 2.24) is 34.5 Å². The van der Waals surface area contributed by atoms with Crippen molar-refractivity contribution in [3.63, 3.8) is 0 Å². The predicted molar refractivity (Wildman–Crippen MR) is 447 cm³/mol. The maximum atomic E-state index is 13.6. The fourth-order valence-electron chi connectivity index (χ4n) is 26.9. The maximum Gasteiger partial charge on any atom is 1.00 e. The molecule has 0 saturated heterocycles. The summed E-state index contributed by atoms with van der Waals surface area (Å²) in [6, 6.07) is 11.2. The van der Waals surface area contributed by atoms with E-state index < -0.39 is 16.8 Å². The van der Waals surface area contributed by atoms with E-state index in [1.807, 2.05) is 35.1 Å². The molecule has 26 heteroatoms. The fraction of sp³-hybridized carbons (Fsp3) is 0.750. The molecule has 0 aliphatic heterocycles. The number of nitrogens with one attached hydrogen (secondary N) is 1. The van der Waals surface area contributed by atoms with E-state index in [0.29, 0.717) is 96.6 Å². The number of ketones is 3. The summed E-state index contributed by atoms with van der Waals surface area (Å²) in [5.74, 6) is 12.7. The third-order valence-electron chi connectivity index (χ3n) is 31.3. The van der Waals surface area contributed by atoms with Crippen molar-refractivity contribution in [3.05, 3.63) is 73.1 Å². The van der Waals surface area contributed by atoms with Gasteiger partial charge in [-0.15, -0.1) is 0 Å². The quantitative estimate of drug-likeness (QED) is 0.00922. The smallest absolute Gasteiger partial charge is 1.00 e. The normalized spacial score (nSPS) is 37.4. The number of hydrogen-bond donors (Lipinski definition) is 7. The SMILES string of the molecule is C.COC[C@@]1(O)CC[C@H]2[C@H](CC[C@@H]3[C@@H]2CC[C@]2(C)[C@@H](C(=O)CBr)CC[C@@H]32)C1.COC[C@@]1(O)CC[C@H]2[C@H](CC[C@@H]3[C@@H]2CC[C@]2(C)[C@@H](C(=O)Cn4cc5ncccc5n4)CC[C@@H]32)C1.COC[C@@]1(O)CC[C@H]2[C@H](CC[C@@H]3[C@@H]2CC[C@]2(C)[C@@H](C(=O)Cn4ncc5ncccc54)CC[C@@H]32)C1.CS.CS.N=Cc1ncccc1N.O=CO[O-].[H-].[K+].[K+]. The number of nitrogens with two attached hydrogens (primary N) is 1. The van der Waals surface area contributed by atoms with Gasteiger partial charge >= 0.3 is 103 Å². The maximum absolute atomic E-state index is 13.6. The molecule has 0 aromatic carbocycles. The Kier molecular flexibility index (Phi) is 37.6. The Balaban J connectivity index is 0.000000215. The number of rotatable bonds is 16. The Labute approximate surface area is 784 Å². The Hall–Kier alpha value is -1.49. The fourth-order valence-corrected chi connectivity index (χ4v) is 27.3. The minimum Gasteiger partial charge on any atom is -1.00 e. The van der Waals surface area contributed by atoms with Crippen LogP contribution in [0.5, 0.6) is 0 Å². The number of nitrogens with zero attached hydrogens (tertiary/aromatic N) is 7. The molecule has 114 heavy (non-hydrogen) atoms. The van der Waals surface area contributed by atoms with Crippen LogP contribution in [0.2, 0.25) is 0 Å². The molecule has 5 aromatic rings. The summed E-state index contributed by atoms with van der Waals surface area (Å²) in [4.78, 5) is 63.5. The first-order chi connectivity index (χ1) is 53.5. The molecule has 0 amide bonds. The van der Waals surface area contributed by atoms with Crippen LogP contribution in [0.4, 0.5) is 5.69 Å². The number of nitrogen functional groups attached to an aromatic ring is 1. The number of fused-ring (bicyclic) bond motifs is 17. The number of carbonyl (C=O) groups is 4. The van der Waals surface area contributed by atoms with Crippen LogP contribution in [0.15, 0.2) is 67.4 Å². The van der Waals surface area contributed by atoms with E-state index in [2.05, 4.69) is 92.0 Å². The summed E-state index contributed by atoms with van der Waals surface area (Å²) in [5.41, 5.74) is 8.66. The molecule has 0 spiro atoms. The summed E-state index contributed by atoms with van der Waals surface area (Å²) >= 11 is 10.5. The second kappa shape index (κ2) is 43.7. The Morgan fingerprint density at radius 2 is 0.939 bits per heavy atom. The molecule has 21 nitrogen and oxygen atoms in total. The Morgan fingerprint density at radius 3 is 1.32 bits per heavy atom. The van der Waals surface area contributed by atoms with E-state index in [9.17, 15) is 29.7 Å². The molecular weight excluding hydrogens is 1600 g/mol. The molecule has 12 saturated carbocycles. The molecule has 24 atom stereocenters. The van der Waals surface area contributed by atoms with Crippen LogP contribution in [0.25, 0.3) is 22.1 Å². The zero-order valence-corrected chi connectivity index (χ0v) is 78.8. The number of methoxy groups -OCH3 is 3. The van der Waals surface area contributed by atoms with E-state index in [0.717, 1.165) is 158 Å². The van der Waals surface area contributed by atoms with E-state index in [1.54, 1.807) is 75.4 Å². The predicted octanol–water partition coefficient (Wildman–Crippen LogP) is 8.83. The van der Waals surface area contributed by atoms with Crippen molar-refractivity contribution in [2.45, 2.75) is 231 Å². The van der Waals surface area contributed by atoms with E-state index in [1.165, 1.54) is 103 Å². The number of halogens is 1. The number of hydrogen-bond acceptors (Lipinski definition) is 21. The van der Waals surface area contributed by atoms with Crippen molar-refractivity contribution in [3.8, 4) is 0 Å². The number of anilines is 1. The number of alkyl halides is 1. The van der Waals surface area contributed by atoms with Crippen molar-refractivity contribution in [2.75, 3.05) is 64.7 Å². The number of pyridine rings is 3. The largest absolute Gasteiger partial charge is 1.00 e. The van der Waals surface area contributed by atoms with Crippen LogP contribution in [0, 0.1) is 128 Å². The van der Waals surface area contributed by atoms with Crippen LogP contribution in [-0.2, 0) is 51.4 Å². The van der Waals surface area contributed by atoms with Gasteiger partial charge in [-0.25, -0.2) is 0 Å². The molecule has 6 N–H and O–H groups in total. The number of ether oxygens (including phenoxy) is 3. The van der Waals surface area contributed by atoms with Crippen molar-refractivity contribution in [2.24, 2.45) is 123 Å². The molecule has 12 fully saturated rings. The van der Waals surface area contributed by atoms with Gasteiger partial charge in [-0.05, 0) is 327 Å². The molecule has 12 aliphatic carbocycles. The average molecular weight is 1730 g/mol.